The minimum Gasteiger partial charge on any atom is -0.383 e. The molecule has 1 saturated heterocycles. The fourth-order valence-electron chi connectivity index (χ4n) is 4.20. The zero-order chi connectivity index (χ0) is 20.7. The lowest BCUT2D eigenvalue weighted by Crippen LogP contribution is -2.38. The Hall–Kier alpha value is -1.000. The maximum absolute atomic E-state index is 13.4. The normalized spacial score (nSPS) is 22.1. The second-order valence-electron chi connectivity index (χ2n) is 8.10. The Morgan fingerprint density at radius 2 is 2.00 bits per heavy atom. The minimum atomic E-state index is -3.46. The smallest absolute Gasteiger partial charge is 0.228 e. The predicted molar refractivity (Wildman–Crippen MR) is 110 cm³/mol. The van der Waals surface area contributed by atoms with Crippen molar-refractivity contribution in [2.24, 2.45) is 0 Å². The summed E-state index contributed by atoms with van der Waals surface area (Å²) in [6, 6.07) is 0. The molecular formula is C20H35N3O5S. The van der Waals surface area contributed by atoms with Gasteiger partial charge in [0.1, 0.15) is 0 Å². The maximum atomic E-state index is 13.4. The monoisotopic (exact) mass is 429 g/mol. The van der Waals surface area contributed by atoms with Crippen molar-refractivity contribution in [1.82, 2.24) is 14.5 Å². The highest BCUT2D eigenvalue weighted by molar-refractivity contribution is 7.91. The Morgan fingerprint density at radius 1 is 1.24 bits per heavy atom. The number of nitrogens with zero attached hydrogens (tertiary/aromatic N) is 3. The van der Waals surface area contributed by atoms with Crippen LogP contribution < -0.4 is 0 Å². The molecular weight excluding hydrogens is 394 g/mol. The number of rotatable bonds is 9. The summed E-state index contributed by atoms with van der Waals surface area (Å²) in [5.74, 6) is 0. The molecule has 1 atom stereocenters. The summed E-state index contributed by atoms with van der Waals surface area (Å²) < 4.78 is 45.0. The molecule has 3 rings (SSSR count). The Morgan fingerprint density at radius 3 is 2.66 bits per heavy atom. The molecule has 0 unspecified atom stereocenters. The van der Waals surface area contributed by atoms with Crippen LogP contribution >= 0.6 is 0 Å². The standard InChI is InChI=1S/C20H35N3O5S/c1-22(15-18-16-27-11-12-28-18)14-17-13-21-20(23(17)9-10-26-2)29(24,25)19-7-5-3-4-6-8-19/h13,18-19H,3-12,14-16H2,1-2H3/t18-/m1/s1. The molecule has 29 heavy (non-hydrogen) atoms. The molecule has 1 aliphatic carbocycles. The van der Waals surface area contributed by atoms with Crippen molar-refractivity contribution in [3.05, 3.63) is 11.9 Å². The number of likely N-dealkylation sites (N-methyl/N-ethyl adjacent to an activating group) is 1. The van der Waals surface area contributed by atoms with Gasteiger partial charge in [-0.25, -0.2) is 13.4 Å². The zero-order valence-electron chi connectivity index (χ0n) is 17.7. The van der Waals surface area contributed by atoms with Gasteiger partial charge < -0.3 is 18.8 Å². The summed E-state index contributed by atoms with van der Waals surface area (Å²) >= 11 is 0. The van der Waals surface area contributed by atoms with Crippen LogP contribution in [0.15, 0.2) is 11.4 Å². The molecule has 9 heteroatoms. The van der Waals surface area contributed by atoms with Crippen molar-refractivity contribution in [1.29, 1.82) is 0 Å². The van der Waals surface area contributed by atoms with Crippen LogP contribution in [0.4, 0.5) is 0 Å². The van der Waals surface area contributed by atoms with E-state index in [1.165, 1.54) is 0 Å². The first kappa shape index (κ1) is 22.7. The summed E-state index contributed by atoms with van der Waals surface area (Å²) in [4.78, 5) is 6.51. The van der Waals surface area contributed by atoms with Gasteiger partial charge >= 0.3 is 0 Å². The van der Waals surface area contributed by atoms with E-state index in [1.54, 1.807) is 13.3 Å². The Balaban J connectivity index is 1.76. The number of aromatic nitrogens is 2. The quantitative estimate of drug-likeness (QED) is 0.554. The van der Waals surface area contributed by atoms with Crippen LogP contribution in [0.3, 0.4) is 0 Å². The van der Waals surface area contributed by atoms with Crippen LogP contribution in [0.1, 0.15) is 44.2 Å². The van der Waals surface area contributed by atoms with Crippen molar-refractivity contribution >= 4 is 9.84 Å². The molecule has 2 fully saturated rings. The Kier molecular flexibility index (Phi) is 8.49. The SMILES string of the molecule is COCCn1c(CN(C)C[C@@H]2COCCO2)cnc1S(=O)(=O)C1CCCCCC1. The van der Waals surface area contributed by atoms with E-state index in [1.807, 2.05) is 11.6 Å². The van der Waals surface area contributed by atoms with E-state index in [0.29, 0.717) is 39.5 Å². The summed E-state index contributed by atoms with van der Waals surface area (Å²) in [6.45, 7) is 4.09. The predicted octanol–water partition coefficient (Wildman–Crippen LogP) is 1.87. The number of ether oxygens (including phenoxy) is 3. The van der Waals surface area contributed by atoms with E-state index in [9.17, 15) is 8.42 Å². The number of hydrogen-bond acceptors (Lipinski definition) is 7. The summed E-state index contributed by atoms with van der Waals surface area (Å²) in [5.41, 5.74) is 0.883. The van der Waals surface area contributed by atoms with Crippen LogP contribution in [0.25, 0.3) is 0 Å². The van der Waals surface area contributed by atoms with Gasteiger partial charge in [0.2, 0.25) is 15.0 Å². The van der Waals surface area contributed by atoms with Crippen LogP contribution in [-0.4, -0.2) is 81.4 Å². The maximum Gasteiger partial charge on any atom is 0.228 e. The van der Waals surface area contributed by atoms with Gasteiger partial charge in [-0.3, -0.25) is 4.90 Å². The summed E-state index contributed by atoms with van der Waals surface area (Å²) in [6.07, 6.45) is 7.39. The van der Waals surface area contributed by atoms with Crippen LogP contribution in [0.5, 0.6) is 0 Å². The second-order valence-corrected chi connectivity index (χ2v) is 10.2. The third-order valence-electron chi connectivity index (χ3n) is 5.75. The van der Waals surface area contributed by atoms with Crippen molar-refractivity contribution in [2.75, 3.05) is 47.1 Å². The highest BCUT2D eigenvalue weighted by Gasteiger charge is 2.33. The molecule has 0 amide bonds. The van der Waals surface area contributed by atoms with Gasteiger partial charge in [-0.05, 0) is 19.9 Å². The molecule has 2 heterocycles. The van der Waals surface area contributed by atoms with Gasteiger partial charge in [-0.2, -0.15) is 0 Å². The number of sulfone groups is 1. The highest BCUT2D eigenvalue weighted by Crippen LogP contribution is 2.28. The number of hydrogen-bond donors (Lipinski definition) is 0. The van der Waals surface area contributed by atoms with Crippen LogP contribution in [-0.2, 0) is 37.1 Å². The molecule has 8 nitrogen and oxygen atoms in total. The topological polar surface area (TPSA) is 82.9 Å². The Bertz CT molecular complexity index is 722. The molecule has 0 aromatic carbocycles. The third-order valence-corrected chi connectivity index (χ3v) is 7.93. The van der Waals surface area contributed by atoms with Crippen molar-refractivity contribution in [2.45, 2.75) is 68.1 Å². The molecule has 0 spiro atoms. The summed E-state index contributed by atoms with van der Waals surface area (Å²) in [5, 5.41) is -0.130. The molecule has 1 aromatic heterocycles. The van der Waals surface area contributed by atoms with Gasteiger partial charge in [0.05, 0.1) is 49.7 Å². The lowest BCUT2D eigenvalue weighted by atomic mass is 10.2. The molecule has 166 valence electrons. The van der Waals surface area contributed by atoms with E-state index in [0.717, 1.165) is 50.8 Å². The highest BCUT2D eigenvalue weighted by atomic mass is 32.2. The first-order valence-electron chi connectivity index (χ1n) is 10.7. The molecule has 2 aliphatic rings. The molecule has 1 saturated carbocycles. The van der Waals surface area contributed by atoms with Gasteiger partial charge in [0, 0.05) is 26.7 Å². The zero-order valence-corrected chi connectivity index (χ0v) is 18.5. The van der Waals surface area contributed by atoms with E-state index in [2.05, 4.69) is 9.88 Å². The average Bonchev–Trinajstić information content (AvgIpc) is 2.91. The molecule has 1 aromatic rings. The number of methoxy groups -OCH3 is 1. The lowest BCUT2D eigenvalue weighted by Gasteiger charge is -2.27. The average molecular weight is 430 g/mol. The third kappa shape index (κ3) is 6.01. The van der Waals surface area contributed by atoms with Gasteiger partial charge in [0.15, 0.2) is 0 Å². The van der Waals surface area contributed by atoms with Gasteiger partial charge in [0.25, 0.3) is 0 Å². The van der Waals surface area contributed by atoms with E-state index < -0.39 is 9.84 Å². The molecule has 0 N–H and O–H groups in total. The van der Waals surface area contributed by atoms with Crippen LogP contribution in [0.2, 0.25) is 0 Å². The molecule has 0 bridgehead atoms. The van der Waals surface area contributed by atoms with Crippen molar-refractivity contribution < 1.29 is 22.6 Å². The van der Waals surface area contributed by atoms with Gasteiger partial charge in [-0.1, -0.05) is 25.7 Å². The number of imidazole rings is 1. The lowest BCUT2D eigenvalue weighted by molar-refractivity contribution is -0.0964. The largest absolute Gasteiger partial charge is 0.383 e. The first-order valence-corrected chi connectivity index (χ1v) is 12.2. The van der Waals surface area contributed by atoms with Gasteiger partial charge in [-0.15, -0.1) is 0 Å². The fourth-order valence-corrected chi connectivity index (χ4v) is 6.17. The van der Waals surface area contributed by atoms with E-state index in [-0.39, 0.29) is 16.5 Å². The molecule has 1 aliphatic heterocycles. The van der Waals surface area contributed by atoms with Crippen molar-refractivity contribution in [3.63, 3.8) is 0 Å². The van der Waals surface area contributed by atoms with Crippen LogP contribution in [0, 0.1) is 0 Å². The first-order chi connectivity index (χ1) is 14.0. The fraction of sp³-hybridized carbons (Fsp3) is 0.850. The molecule has 0 radical (unpaired) electrons. The minimum absolute atomic E-state index is 0.0401. The second kappa shape index (κ2) is 10.9. The summed E-state index contributed by atoms with van der Waals surface area (Å²) in [7, 11) is 0.177. The Labute approximate surface area is 174 Å². The van der Waals surface area contributed by atoms with E-state index in [4.69, 9.17) is 14.2 Å². The van der Waals surface area contributed by atoms with E-state index >= 15 is 0 Å². The van der Waals surface area contributed by atoms with Crippen molar-refractivity contribution in [3.8, 4) is 0 Å².